The summed E-state index contributed by atoms with van der Waals surface area (Å²) in [5.41, 5.74) is 7.40. The molecule has 1 aromatic heterocycles. The van der Waals surface area contributed by atoms with Crippen molar-refractivity contribution in [3.8, 4) is 0 Å². The van der Waals surface area contributed by atoms with Crippen LogP contribution in [0.15, 0.2) is 10.9 Å². The van der Waals surface area contributed by atoms with Gasteiger partial charge in [-0.15, -0.1) is 11.3 Å². The van der Waals surface area contributed by atoms with Gasteiger partial charge >= 0.3 is 5.97 Å². The Morgan fingerprint density at radius 3 is 3.08 bits per heavy atom. The van der Waals surface area contributed by atoms with E-state index in [1.807, 2.05) is 0 Å². The normalized spacial score (nSPS) is 12.7. The lowest BCUT2D eigenvalue weighted by molar-refractivity contribution is -0.139. The first-order valence-electron chi connectivity index (χ1n) is 3.80. The van der Waals surface area contributed by atoms with Crippen molar-refractivity contribution in [1.29, 1.82) is 0 Å². The van der Waals surface area contributed by atoms with Crippen molar-refractivity contribution >= 4 is 17.3 Å². The van der Waals surface area contributed by atoms with Crippen molar-refractivity contribution in [2.75, 3.05) is 13.1 Å². The molecule has 0 aliphatic rings. The fourth-order valence-electron chi connectivity index (χ4n) is 0.910. The number of nitrogens with one attached hydrogen (secondary N) is 1. The summed E-state index contributed by atoms with van der Waals surface area (Å²) in [6.45, 7) is 0.877. The molecule has 1 unspecified atom stereocenters. The summed E-state index contributed by atoms with van der Waals surface area (Å²) in [6.07, 6.45) is 0. The van der Waals surface area contributed by atoms with Crippen LogP contribution in [0.1, 0.15) is 11.7 Å². The first kappa shape index (κ1) is 10.1. The Hall–Kier alpha value is -0.980. The number of hydrogen-bond acceptors (Lipinski definition) is 5. The van der Waals surface area contributed by atoms with Crippen LogP contribution in [0, 0.1) is 0 Å². The van der Waals surface area contributed by atoms with Crippen LogP contribution in [0.25, 0.3) is 0 Å². The summed E-state index contributed by atoms with van der Waals surface area (Å²) < 4.78 is 0. The van der Waals surface area contributed by atoms with Gasteiger partial charge in [0.25, 0.3) is 0 Å². The lowest BCUT2D eigenvalue weighted by Crippen LogP contribution is -2.32. The number of rotatable bonds is 5. The summed E-state index contributed by atoms with van der Waals surface area (Å²) >= 11 is 1.37. The molecule has 1 rings (SSSR count). The van der Waals surface area contributed by atoms with Gasteiger partial charge in [0.1, 0.15) is 6.04 Å². The van der Waals surface area contributed by atoms with E-state index in [1.165, 1.54) is 11.3 Å². The van der Waals surface area contributed by atoms with Crippen molar-refractivity contribution < 1.29 is 9.90 Å². The monoisotopic (exact) mass is 201 g/mol. The van der Waals surface area contributed by atoms with E-state index >= 15 is 0 Å². The number of hydrogen-bond donors (Lipinski definition) is 3. The predicted molar refractivity (Wildman–Crippen MR) is 49.5 cm³/mol. The lowest BCUT2D eigenvalue weighted by Gasteiger charge is -2.10. The van der Waals surface area contributed by atoms with Crippen molar-refractivity contribution in [2.24, 2.45) is 5.73 Å². The minimum Gasteiger partial charge on any atom is -0.480 e. The molecule has 1 heterocycles. The van der Waals surface area contributed by atoms with Gasteiger partial charge in [0.15, 0.2) is 0 Å². The average molecular weight is 201 g/mol. The molecule has 5 nitrogen and oxygen atoms in total. The summed E-state index contributed by atoms with van der Waals surface area (Å²) in [5, 5.41) is 13.3. The van der Waals surface area contributed by atoms with E-state index in [2.05, 4.69) is 10.3 Å². The second-order valence-corrected chi connectivity index (χ2v) is 3.15. The number of aliphatic carboxylic acids is 1. The van der Waals surface area contributed by atoms with E-state index in [1.54, 1.807) is 10.9 Å². The third-order valence-corrected chi connectivity index (χ3v) is 2.09. The highest BCUT2D eigenvalue weighted by Gasteiger charge is 2.20. The number of nitrogens with zero attached hydrogens (tertiary/aromatic N) is 1. The quantitative estimate of drug-likeness (QED) is 0.615. The van der Waals surface area contributed by atoms with Crippen LogP contribution in [-0.2, 0) is 4.79 Å². The standard InChI is InChI=1S/C7H11N3O2S/c8-1-2-9-6(7(11)12)5-3-13-4-10-5/h3-4,6,9H,1-2,8H2,(H,11,12). The molecular weight excluding hydrogens is 190 g/mol. The van der Waals surface area contributed by atoms with Crippen molar-refractivity contribution in [3.63, 3.8) is 0 Å². The molecule has 1 aromatic rings. The molecule has 0 radical (unpaired) electrons. The van der Waals surface area contributed by atoms with Gasteiger partial charge in [0.05, 0.1) is 11.2 Å². The number of carboxylic acids is 1. The van der Waals surface area contributed by atoms with Gasteiger partial charge in [-0.3, -0.25) is 10.1 Å². The Bertz CT molecular complexity index is 263. The maximum Gasteiger partial charge on any atom is 0.327 e. The molecular formula is C7H11N3O2S. The first-order valence-corrected chi connectivity index (χ1v) is 4.74. The SMILES string of the molecule is NCCNC(C(=O)O)c1cscn1. The summed E-state index contributed by atoms with van der Waals surface area (Å²) in [6, 6.07) is -0.741. The zero-order chi connectivity index (χ0) is 9.68. The van der Waals surface area contributed by atoms with Crippen LogP contribution in [0.4, 0.5) is 0 Å². The van der Waals surface area contributed by atoms with Gasteiger partial charge in [-0.2, -0.15) is 0 Å². The topological polar surface area (TPSA) is 88.2 Å². The Labute approximate surface area is 79.6 Å². The Kier molecular flexibility index (Phi) is 3.81. The summed E-state index contributed by atoms with van der Waals surface area (Å²) in [5.74, 6) is -0.931. The molecule has 4 N–H and O–H groups in total. The summed E-state index contributed by atoms with van der Waals surface area (Å²) in [7, 11) is 0. The molecule has 0 fully saturated rings. The second kappa shape index (κ2) is 4.90. The molecule has 0 aliphatic heterocycles. The maximum absolute atomic E-state index is 10.8. The van der Waals surface area contributed by atoms with Crippen molar-refractivity contribution in [2.45, 2.75) is 6.04 Å². The van der Waals surface area contributed by atoms with Crippen molar-refractivity contribution in [1.82, 2.24) is 10.3 Å². The van der Waals surface area contributed by atoms with E-state index < -0.39 is 12.0 Å². The van der Waals surface area contributed by atoms with Crippen LogP contribution < -0.4 is 11.1 Å². The molecule has 0 saturated carbocycles. The molecule has 0 saturated heterocycles. The molecule has 0 amide bonds. The van der Waals surface area contributed by atoms with Crippen LogP contribution in [-0.4, -0.2) is 29.1 Å². The van der Waals surface area contributed by atoms with Gasteiger partial charge in [-0.25, -0.2) is 4.98 Å². The molecule has 72 valence electrons. The number of carbonyl (C=O) groups is 1. The predicted octanol–water partition coefficient (Wildman–Crippen LogP) is -0.183. The number of carboxylic acid groups (broad SMARTS) is 1. The van der Waals surface area contributed by atoms with E-state index in [9.17, 15) is 4.79 Å². The molecule has 6 heteroatoms. The highest BCUT2D eigenvalue weighted by atomic mass is 32.1. The van der Waals surface area contributed by atoms with Crippen molar-refractivity contribution in [3.05, 3.63) is 16.6 Å². The Balaban J connectivity index is 2.63. The van der Waals surface area contributed by atoms with Crippen LogP contribution in [0.2, 0.25) is 0 Å². The molecule has 0 aliphatic carbocycles. The third kappa shape index (κ3) is 2.76. The van der Waals surface area contributed by atoms with E-state index in [0.29, 0.717) is 18.8 Å². The minimum absolute atomic E-state index is 0.411. The average Bonchev–Trinajstić information content (AvgIpc) is 2.57. The van der Waals surface area contributed by atoms with Gasteiger partial charge in [-0.1, -0.05) is 0 Å². The second-order valence-electron chi connectivity index (χ2n) is 2.43. The van der Waals surface area contributed by atoms with Crippen LogP contribution in [0.3, 0.4) is 0 Å². The third-order valence-electron chi connectivity index (χ3n) is 1.49. The van der Waals surface area contributed by atoms with Gasteiger partial charge in [0, 0.05) is 18.5 Å². The Morgan fingerprint density at radius 2 is 2.62 bits per heavy atom. The number of thiazole rings is 1. The zero-order valence-electron chi connectivity index (χ0n) is 6.93. The summed E-state index contributed by atoms with van der Waals surface area (Å²) in [4.78, 5) is 14.7. The molecule has 1 atom stereocenters. The smallest absolute Gasteiger partial charge is 0.327 e. The molecule has 13 heavy (non-hydrogen) atoms. The van der Waals surface area contributed by atoms with Crippen LogP contribution in [0.5, 0.6) is 0 Å². The van der Waals surface area contributed by atoms with Crippen LogP contribution >= 0.6 is 11.3 Å². The largest absolute Gasteiger partial charge is 0.480 e. The van der Waals surface area contributed by atoms with Gasteiger partial charge < -0.3 is 10.8 Å². The Morgan fingerprint density at radius 1 is 1.85 bits per heavy atom. The van der Waals surface area contributed by atoms with E-state index in [4.69, 9.17) is 10.8 Å². The fourth-order valence-corrected chi connectivity index (χ4v) is 1.49. The molecule has 0 bridgehead atoms. The van der Waals surface area contributed by atoms with E-state index in [0.717, 1.165) is 0 Å². The first-order chi connectivity index (χ1) is 6.25. The highest BCUT2D eigenvalue weighted by Crippen LogP contribution is 2.12. The fraction of sp³-hybridized carbons (Fsp3) is 0.429. The number of aromatic nitrogens is 1. The van der Waals surface area contributed by atoms with Gasteiger partial charge in [-0.05, 0) is 0 Å². The molecule has 0 aromatic carbocycles. The maximum atomic E-state index is 10.8. The lowest BCUT2D eigenvalue weighted by atomic mass is 10.2. The van der Waals surface area contributed by atoms with Gasteiger partial charge in [0.2, 0.25) is 0 Å². The highest BCUT2D eigenvalue weighted by molar-refractivity contribution is 7.07. The molecule has 0 spiro atoms. The van der Waals surface area contributed by atoms with E-state index in [-0.39, 0.29) is 0 Å². The minimum atomic E-state index is -0.931. The number of nitrogens with two attached hydrogens (primary N) is 1. The zero-order valence-corrected chi connectivity index (χ0v) is 7.75.